The molecule has 1 aromatic carbocycles. The van der Waals surface area contributed by atoms with Gasteiger partial charge in [0.05, 0.1) is 6.10 Å². The second kappa shape index (κ2) is 6.95. The lowest BCUT2D eigenvalue weighted by Crippen LogP contribution is -2.28. The maximum Gasteiger partial charge on any atom is 0.119 e. The van der Waals surface area contributed by atoms with E-state index in [9.17, 15) is 5.11 Å². The lowest BCUT2D eigenvalue weighted by Gasteiger charge is -2.26. The number of ether oxygens (including phenoxy) is 1. The van der Waals surface area contributed by atoms with Gasteiger partial charge in [0.2, 0.25) is 0 Å². The number of aliphatic hydroxyl groups is 1. The van der Waals surface area contributed by atoms with Crippen LogP contribution in [0, 0.1) is 5.92 Å². The van der Waals surface area contributed by atoms with Crippen LogP contribution >= 0.6 is 0 Å². The van der Waals surface area contributed by atoms with Gasteiger partial charge < -0.3 is 9.84 Å². The molecular weight excluding hydrogens is 236 g/mol. The summed E-state index contributed by atoms with van der Waals surface area (Å²) in [6.45, 7) is 4.78. The van der Waals surface area contributed by atoms with Crippen molar-refractivity contribution < 1.29 is 9.84 Å². The molecule has 1 unspecified atom stereocenters. The van der Waals surface area contributed by atoms with Crippen LogP contribution in [-0.4, -0.2) is 17.8 Å². The summed E-state index contributed by atoms with van der Waals surface area (Å²) in [4.78, 5) is 0. The summed E-state index contributed by atoms with van der Waals surface area (Å²) in [5.74, 6) is 1.81. The van der Waals surface area contributed by atoms with Gasteiger partial charge in [-0.3, -0.25) is 0 Å². The minimum absolute atomic E-state index is 0.317. The highest BCUT2D eigenvalue weighted by Gasteiger charge is 2.22. The highest BCUT2D eigenvalue weighted by Crippen LogP contribution is 2.27. The molecule has 0 spiro atoms. The molecule has 0 saturated heterocycles. The van der Waals surface area contributed by atoms with Crippen molar-refractivity contribution >= 4 is 0 Å². The van der Waals surface area contributed by atoms with E-state index in [-0.39, 0.29) is 6.10 Å². The Bertz CT molecular complexity index is 381. The molecule has 0 aromatic heterocycles. The normalized spacial score (nSPS) is 18.5. The Morgan fingerprint density at radius 1 is 1.21 bits per heavy atom. The molecule has 0 aliphatic heterocycles. The summed E-state index contributed by atoms with van der Waals surface area (Å²) in [5, 5.41) is 10.2. The summed E-state index contributed by atoms with van der Waals surface area (Å²) >= 11 is 0. The molecular formula is C17H26O2. The van der Waals surface area contributed by atoms with Gasteiger partial charge in [-0.2, -0.15) is 0 Å². The van der Waals surface area contributed by atoms with E-state index < -0.39 is 0 Å². The van der Waals surface area contributed by atoms with Gasteiger partial charge in [0.25, 0.3) is 0 Å². The molecule has 0 radical (unpaired) electrons. The van der Waals surface area contributed by atoms with Crippen molar-refractivity contribution in [3.8, 4) is 5.75 Å². The van der Waals surface area contributed by atoms with Crippen LogP contribution in [-0.2, 0) is 0 Å². The first-order chi connectivity index (χ1) is 9.16. The van der Waals surface area contributed by atoms with Crippen LogP contribution in [0.25, 0.3) is 0 Å². The monoisotopic (exact) mass is 262 g/mol. The van der Waals surface area contributed by atoms with E-state index in [0.29, 0.717) is 18.4 Å². The average molecular weight is 262 g/mol. The van der Waals surface area contributed by atoms with Gasteiger partial charge in [0.1, 0.15) is 12.4 Å². The Labute approximate surface area is 116 Å². The van der Waals surface area contributed by atoms with Crippen molar-refractivity contribution in [1.29, 1.82) is 0 Å². The maximum absolute atomic E-state index is 10.2. The van der Waals surface area contributed by atoms with Gasteiger partial charge >= 0.3 is 0 Å². The fourth-order valence-electron chi connectivity index (χ4n) is 2.80. The Morgan fingerprint density at radius 3 is 2.63 bits per heavy atom. The van der Waals surface area contributed by atoms with Gasteiger partial charge in [-0.25, -0.2) is 0 Å². The molecule has 0 heterocycles. The van der Waals surface area contributed by atoms with Crippen molar-refractivity contribution in [1.82, 2.24) is 0 Å². The molecule has 1 N–H and O–H groups in total. The van der Waals surface area contributed by atoms with Gasteiger partial charge in [0.15, 0.2) is 0 Å². The zero-order chi connectivity index (χ0) is 13.7. The number of hydrogen-bond donors (Lipinski definition) is 1. The molecule has 1 fully saturated rings. The third kappa shape index (κ3) is 4.24. The average Bonchev–Trinajstić information content (AvgIpc) is 2.46. The Hall–Kier alpha value is -1.02. The number of rotatable bonds is 5. The minimum Gasteiger partial charge on any atom is -0.491 e. The van der Waals surface area contributed by atoms with Crippen molar-refractivity contribution in [2.45, 2.75) is 58.0 Å². The fraction of sp³-hybridized carbons (Fsp3) is 0.647. The van der Waals surface area contributed by atoms with Crippen LogP contribution in [0.2, 0.25) is 0 Å². The second-order valence-corrected chi connectivity index (χ2v) is 6.00. The molecule has 1 saturated carbocycles. The Morgan fingerprint density at radius 2 is 1.95 bits per heavy atom. The second-order valence-electron chi connectivity index (χ2n) is 6.00. The third-order valence-corrected chi connectivity index (χ3v) is 4.14. The van der Waals surface area contributed by atoms with E-state index in [4.69, 9.17) is 4.74 Å². The number of aliphatic hydroxyl groups excluding tert-OH is 1. The quantitative estimate of drug-likeness (QED) is 0.864. The van der Waals surface area contributed by atoms with Crippen LogP contribution in [0.15, 0.2) is 24.3 Å². The lowest BCUT2D eigenvalue weighted by molar-refractivity contribution is 0.0413. The largest absolute Gasteiger partial charge is 0.491 e. The summed E-state index contributed by atoms with van der Waals surface area (Å²) in [6, 6.07) is 8.20. The summed E-state index contributed by atoms with van der Waals surface area (Å²) in [7, 11) is 0. The Balaban J connectivity index is 1.85. The van der Waals surface area contributed by atoms with Gasteiger partial charge in [-0.15, -0.1) is 0 Å². The number of benzene rings is 1. The van der Waals surface area contributed by atoms with Crippen molar-refractivity contribution in [2.24, 2.45) is 5.92 Å². The van der Waals surface area contributed by atoms with E-state index in [1.807, 2.05) is 12.1 Å². The van der Waals surface area contributed by atoms with E-state index >= 15 is 0 Å². The highest BCUT2D eigenvalue weighted by molar-refractivity contribution is 5.30. The number of hydrogen-bond acceptors (Lipinski definition) is 2. The van der Waals surface area contributed by atoms with Gasteiger partial charge in [-0.05, 0) is 42.4 Å². The summed E-state index contributed by atoms with van der Waals surface area (Å²) in [6.07, 6.45) is 5.81. The standard InChI is InChI=1S/C17H26O2/c1-13(2)15-9-6-10-16(11-15)19-12-17(18)14-7-4-3-5-8-14/h6,9-11,13-14,17-18H,3-5,7-8,12H2,1-2H3. The molecule has 2 rings (SSSR count). The summed E-state index contributed by atoms with van der Waals surface area (Å²) in [5.41, 5.74) is 1.28. The van der Waals surface area contributed by atoms with E-state index in [1.165, 1.54) is 24.8 Å². The lowest BCUT2D eigenvalue weighted by atomic mass is 9.85. The smallest absolute Gasteiger partial charge is 0.119 e. The van der Waals surface area contributed by atoms with Crippen molar-refractivity contribution in [3.05, 3.63) is 29.8 Å². The zero-order valence-corrected chi connectivity index (χ0v) is 12.1. The molecule has 2 nitrogen and oxygen atoms in total. The summed E-state index contributed by atoms with van der Waals surface area (Å²) < 4.78 is 5.76. The SMILES string of the molecule is CC(C)c1cccc(OCC(O)C2CCCCC2)c1. The minimum atomic E-state index is -0.317. The van der Waals surface area contributed by atoms with E-state index in [2.05, 4.69) is 26.0 Å². The molecule has 1 aliphatic carbocycles. The predicted molar refractivity (Wildman–Crippen MR) is 78.6 cm³/mol. The topological polar surface area (TPSA) is 29.5 Å². The Kier molecular flexibility index (Phi) is 5.26. The molecule has 1 atom stereocenters. The van der Waals surface area contributed by atoms with E-state index in [0.717, 1.165) is 18.6 Å². The molecule has 106 valence electrons. The first kappa shape index (κ1) is 14.4. The van der Waals surface area contributed by atoms with E-state index in [1.54, 1.807) is 0 Å². The van der Waals surface area contributed by atoms with Crippen LogP contribution in [0.4, 0.5) is 0 Å². The maximum atomic E-state index is 10.2. The molecule has 1 aromatic rings. The van der Waals surface area contributed by atoms with Crippen LogP contribution < -0.4 is 4.74 Å². The molecule has 2 heteroatoms. The highest BCUT2D eigenvalue weighted by atomic mass is 16.5. The van der Waals surface area contributed by atoms with Crippen LogP contribution in [0.3, 0.4) is 0 Å². The molecule has 0 bridgehead atoms. The van der Waals surface area contributed by atoms with Crippen LogP contribution in [0.1, 0.15) is 57.4 Å². The zero-order valence-electron chi connectivity index (χ0n) is 12.1. The van der Waals surface area contributed by atoms with Gasteiger partial charge in [-0.1, -0.05) is 45.2 Å². The molecule has 1 aliphatic rings. The molecule has 0 amide bonds. The van der Waals surface area contributed by atoms with Gasteiger partial charge in [0, 0.05) is 0 Å². The fourth-order valence-corrected chi connectivity index (χ4v) is 2.80. The first-order valence-corrected chi connectivity index (χ1v) is 7.57. The molecule has 19 heavy (non-hydrogen) atoms. The van der Waals surface area contributed by atoms with Crippen molar-refractivity contribution in [3.63, 3.8) is 0 Å². The first-order valence-electron chi connectivity index (χ1n) is 7.57. The van der Waals surface area contributed by atoms with Crippen LogP contribution in [0.5, 0.6) is 5.75 Å². The van der Waals surface area contributed by atoms with Crippen molar-refractivity contribution in [2.75, 3.05) is 6.61 Å². The third-order valence-electron chi connectivity index (χ3n) is 4.14. The predicted octanol–water partition coefficient (Wildman–Crippen LogP) is 4.13.